The summed E-state index contributed by atoms with van der Waals surface area (Å²) >= 11 is 0. The van der Waals surface area contributed by atoms with Crippen LogP contribution in [0.25, 0.3) is 38.8 Å². The summed E-state index contributed by atoms with van der Waals surface area (Å²) in [6.07, 6.45) is -0.211. The first-order chi connectivity index (χ1) is 16.3. The average molecular weight is 465 g/mol. The maximum Gasteiger partial charge on any atom is 0.280 e. The van der Waals surface area contributed by atoms with E-state index in [1.807, 2.05) is 0 Å². The molecule has 170 valence electrons. The predicted molar refractivity (Wildman–Crippen MR) is 118 cm³/mol. The Morgan fingerprint density at radius 1 is 0.941 bits per heavy atom. The number of aryl methyl sites for hydroxylation is 1. The number of hydrogen-bond acceptors (Lipinski definition) is 4. The number of hydrogen-bond donors (Lipinski definition) is 1. The third-order valence-electron chi connectivity index (χ3n) is 5.54. The fraction of sp³-hybridized carbons (Fsp3) is 0.0833. The predicted octanol–water partition coefficient (Wildman–Crippen LogP) is 5.26. The Kier molecular flexibility index (Phi) is 5.00. The van der Waals surface area contributed by atoms with Gasteiger partial charge in [-0.25, -0.2) is 22.5 Å². The van der Waals surface area contributed by atoms with E-state index in [-0.39, 0.29) is 27.7 Å². The Hall–Kier alpha value is -4.34. The molecule has 0 aliphatic carbocycles. The number of benzene rings is 2. The molecule has 0 aliphatic rings. The van der Waals surface area contributed by atoms with Crippen LogP contribution in [0.1, 0.15) is 28.3 Å². The first-order valence-corrected chi connectivity index (χ1v) is 10.1. The van der Waals surface area contributed by atoms with E-state index < -0.39 is 29.7 Å². The van der Waals surface area contributed by atoms with Gasteiger partial charge in [0.25, 0.3) is 12.3 Å². The minimum atomic E-state index is -2.78. The van der Waals surface area contributed by atoms with Crippen molar-refractivity contribution in [2.45, 2.75) is 13.3 Å². The van der Waals surface area contributed by atoms with Crippen molar-refractivity contribution >= 4 is 27.8 Å². The molecule has 0 atom stereocenters. The van der Waals surface area contributed by atoms with Crippen LogP contribution in [-0.4, -0.2) is 25.4 Å². The number of carbonyl (C=O) groups excluding carboxylic acids is 1. The van der Waals surface area contributed by atoms with E-state index in [1.54, 1.807) is 17.6 Å². The molecule has 10 heteroatoms. The van der Waals surface area contributed by atoms with Crippen LogP contribution in [-0.2, 0) is 0 Å². The standard InChI is InChI=1S/C24H15F4N5O/c1-11-32-21-14(24(29)34)8-13(12-4-6-30-17(9-12)23(27)28)10-19(21)33(11)18-5-7-31-22-16(26)3-2-15(25)20(18)22/h2-10,23H,1H3,(H2,29,34). The van der Waals surface area contributed by atoms with E-state index in [1.165, 1.54) is 36.7 Å². The maximum atomic E-state index is 14.8. The van der Waals surface area contributed by atoms with Crippen LogP contribution in [0.2, 0.25) is 0 Å². The van der Waals surface area contributed by atoms with Crippen molar-refractivity contribution in [2.75, 3.05) is 0 Å². The Morgan fingerprint density at radius 3 is 2.41 bits per heavy atom. The van der Waals surface area contributed by atoms with E-state index in [2.05, 4.69) is 15.0 Å². The minimum absolute atomic E-state index is 0.0507. The third-order valence-corrected chi connectivity index (χ3v) is 5.54. The molecule has 3 heterocycles. The molecule has 3 aromatic heterocycles. The number of amides is 1. The maximum absolute atomic E-state index is 14.8. The SMILES string of the molecule is Cc1nc2c(C(N)=O)cc(-c3ccnc(C(F)F)c3)cc2n1-c1ccnc2c(F)ccc(F)c12. The van der Waals surface area contributed by atoms with Gasteiger partial charge in [-0.3, -0.25) is 19.3 Å². The van der Waals surface area contributed by atoms with Gasteiger partial charge in [-0.05, 0) is 60.5 Å². The van der Waals surface area contributed by atoms with Gasteiger partial charge in [0.1, 0.15) is 34.2 Å². The van der Waals surface area contributed by atoms with Gasteiger partial charge < -0.3 is 5.73 Å². The highest BCUT2D eigenvalue weighted by atomic mass is 19.3. The molecule has 0 saturated carbocycles. The van der Waals surface area contributed by atoms with E-state index in [4.69, 9.17) is 5.73 Å². The number of carbonyl (C=O) groups is 1. The molecular weight excluding hydrogens is 450 g/mol. The molecule has 6 nitrogen and oxygen atoms in total. The Bertz CT molecular complexity index is 1610. The van der Waals surface area contributed by atoms with Gasteiger partial charge in [0.05, 0.1) is 22.2 Å². The van der Waals surface area contributed by atoms with Crippen molar-refractivity contribution in [1.29, 1.82) is 0 Å². The monoisotopic (exact) mass is 465 g/mol. The van der Waals surface area contributed by atoms with Crippen molar-refractivity contribution in [1.82, 2.24) is 19.5 Å². The van der Waals surface area contributed by atoms with Crippen molar-refractivity contribution in [3.63, 3.8) is 0 Å². The molecule has 5 rings (SSSR count). The lowest BCUT2D eigenvalue weighted by molar-refractivity contribution is 0.100. The number of alkyl halides is 2. The summed E-state index contributed by atoms with van der Waals surface area (Å²) in [7, 11) is 0. The van der Waals surface area contributed by atoms with E-state index >= 15 is 0 Å². The zero-order valence-electron chi connectivity index (χ0n) is 17.6. The number of pyridine rings is 2. The summed E-state index contributed by atoms with van der Waals surface area (Å²) in [4.78, 5) is 24.3. The molecule has 2 N–H and O–H groups in total. The number of halogens is 4. The Labute approximate surface area is 189 Å². The fourth-order valence-electron chi connectivity index (χ4n) is 4.06. The van der Waals surface area contributed by atoms with Gasteiger partial charge in [0.2, 0.25) is 0 Å². The van der Waals surface area contributed by atoms with Gasteiger partial charge in [-0.2, -0.15) is 0 Å². The Morgan fingerprint density at radius 2 is 1.68 bits per heavy atom. The van der Waals surface area contributed by atoms with E-state index in [9.17, 15) is 22.4 Å². The molecule has 0 saturated heterocycles. The summed E-state index contributed by atoms with van der Waals surface area (Å²) < 4.78 is 57.2. The lowest BCUT2D eigenvalue weighted by Gasteiger charge is -2.13. The van der Waals surface area contributed by atoms with Crippen LogP contribution in [0.3, 0.4) is 0 Å². The van der Waals surface area contributed by atoms with E-state index in [0.717, 1.165) is 12.1 Å². The summed E-state index contributed by atoms with van der Waals surface area (Å²) in [6, 6.07) is 9.29. The molecule has 0 fully saturated rings. The van der Waals surface area contributed by atoms with Crippen molar-refractivity contribution in [2.24, 2.45) is 5.73 Å². The summed E-state index contributed by atoms with van der Waals surface area (Å²) in [5, 5.41) is -0.0696. The van der Waals surface area contributed by atoms with Crippen LogP contribution >= 0.6 is 0 Å². The highest BCUT2D eigenvalue weighted by Gasteiger charge is 2.21. The average Bonchev–Trinajstić information content (AvgIpc) is 3.15. The fourth-order valence-corrected chi connectivity index (χ4v) is 4.06. The third kappa shape index (κ3) is 3.35. The minimum Gasteiger partial charge on any atom is -0.366 e. The second-order valence-corrected chi connectivity index (χ2v) is 7.60. The molecule has 0 radical (unpaired) electrons. The molecule has 0 spiro atoms. The normalized spacial score (nSPS) is 11.6. The first-order valence-electron chi connectivity index (χ1n) is 10.1. The van der Waals surface area contributed by atoms with Crippen molar-refractivity contribution in [3.8, 4) is 16.8 Å². The highest BCUT2D eigenvalue weighted by Crippen LogP contribution is 2.34. The van der Waals surface area contributed by atoms with Crippen LogP contribution in [0.4, 0.5) is 17.6 Å². The number of imidazole rings is 1. The molecule has 1 amide bonds. The molecular formula is C24H15F4N5O. The molecule has 34 heavy (non-hydrogen) atoms. The zero-order chi connectivity index (χ0) is 24.1. The summed E-state index contributed by atoms with van der Waals surface area (Å²) in [6.45, 7) is 1.63. The molecule has 0 unspecified atom stereocenters. The van der Waals surface area contributed by atoms with Gasteiger partial charge in [0.15, 0.2) is 0 Å². The Balaban J connectivity index is 1.87. The topological polar surface area (TPSA) is 86.7 Å². The van der Waals surface area contributed by atoms with Gasteiger partial charge in [0, 0.05) is 12.4 Å². The number of nitrogens with zero attached hydrogens (tertiary/aromatic N) is 4. The number of aromatic nitrogens is 4. The zero-order valence-corrected chi connectivity index (χ0v) is 17.6. The summed E-state index contributed by atoms with van der Waals surface area (Å²) in [5.41, 5.74) is 6.66. The summed E-state index contributed by atoms with van der Waals surface area (Å²) in [5.74, 6) is -1.80. The number of primary amides is 1. The molecule has 0 aliphatic heterocycles. The number of nitrogens with two attached hydrogens (primary N) is 1. The highest BCUT2D eigenvalue weighted by molar-refractivity contribution is 6.07. The lowest BCUT2D eigenvalue weighted by Crippen LogP contribution is -2.12. The largest absolute Gasteiger partial charge is 0.366 e. The smallest absolute Gasteiger partial charge is 0.280 e. The quantitative estimate of drug-likeness (QED) is 0.367. The number of rotatable bonds is 4. The van der Waals surface area contributed by atoms with Crippen LogP contribution in [0.15, 0.2) is 54.9 Å². The van der Waals surface area contributed by atoms with E-state index in [0.29, 0.717) is 22.5 Å². The van der Waals surface area contributed by atoms with Crippen molar-refractivity contribution < 1.29 is 22.4 Å². The second-order valence-electron chi connectivity index (χ2n) is 7.60. The molecule has 5 aromatic rings. The van der Waals surface area contributed by atoms with Gasteiger partial charge in [-0.15, -0.1) is 0 Å². The van der Waals surface area contributed by atoms with Gasteiger partial charge >= 0.3 is 0 Å². The number of fused-ring (bicyclic) bond motifs is 2. The first kappa shape index (κ1) is 21.5. The van der Waals surface area contributed by atoms with Crippen LogP contribution in [0, 0.1) is 18.6 Å². The molecule has 2 aromatic carbocycles. The lowest BCUT2D eigenvalue weighted by atomic mass is 10.0. The van der Waals surface area contributed by atoms with Crippen LogP contribution < -0.4 is 5.73 Å². The molecule has 0 bridgehead atoms. The van der Waals surface area contributed by atoms with Gasteiger partial charge in [-0.1, -0.05) is 0 Å². The second kappa shape index (κ2) is 7.91. The van der Waals surface area contributed by atoms with Crippen LogP contribution in [0.5, 0.6) is 0 Å². The van der Waals surface area contributed by atoms with Crippen molar-refractivity contribution in [3.05, 3.63) is 83.6 Å².